The normalized spacial score (nSPS) is 17.9. The molecule has 6 rings (SSSR count). The summed E-state index contributed by atoms with van der Waals surface area (Å²) >= 11 is 0. The van der Waals surface area contributed by atoms with Gasteiger partial charge >= 0.3 is 5.69 Å². The van der Waals surface area contributed by atoms with Gasteiger partial charge in [-0.1, -0.05) is 26.5 Å². The number of fused-ring (bicyclic) bond motifs is 2. The summed E-state index contributed by atoms with van der Waals surface area (Å²) in [5, 5.41) is 10.7. The minimum atomic E-state index is -1.01. The number of piperazine rings is 1. The molecule has 0 aliphatic carbocycles. The quantitative estimate of drug-likeness (QED) is 0.352. The molecule has 1 fully saturated rings. The van der Waals surface area contributed by atoms with Gasteiger partial charge in [0, 0.05) is 25.3 Å². The Morgan fingerprint density at radius 3 is 2.67 bits per heavy atom. The van der Waals surface area contributed by atoms with Gasteiger partial charge < -0.3 is 19.6 Å². The third-order valence-corrected chi connectivity index (χ3v) is 7.99. The first-order valence-electron chi connectivity index (χ1n) is 14.0. The van der Waals surface area contributed by atoms with Gasteiger partial charge in [-0.2, -0.15) is 4.98 Å². The van der Waals surface area contributed by atoms with Crippen LogP contribution in [0.3, 0.4) is 0 Å². The molecule has 0 unspecified atom stereocenters. The highest BCUT2D eigenvalue weighted by Crippen LogP contribution is 2.44. The monoisotopic (exact) mass is 588 g/mol. The van der Waals surface area contributed by atoms with Gasteiger partial charge in [0.2, 0.25) is 5.91 Å². The molecule has 0 radical (unpaired) electrons. The predicted octanol–water partition coefficient (Wildman–Crippen LogP) is 4.24. The molecule has 2 aliphatic heterocycles. The Balaban J connectivity index is 1.73. The number of aryl methyl sites for hydroxylation is 1. The number of anilines is 1. The number of carbonyl (C=O) groups excluding carboxylic acids is 1. The van der Waals surface area contributed by atoms with Gasteiger partial charge in [-0.25, -0.2) is 23.1 Å². The van der Waals surface area contributed by atoms with Crippen molar-refractivity contribution in [1.29, 1.82) is 0 Å². The van der Waals surface area contributed by atoms with Crippen molar-refractivity contribution < 1.29 is 23.4 Å². The maximum Gasteiger partial charge on any atom is 0.355 e. The van der Waals surface area contributed by atoms with Crippen LogP contribution in [0.5, 0.6) is 11.5 Å². The molecule has 12 heteroatoms. The zero-order valence-electron chi connectivity index (χ0n) is 24.1. The van der Waals surface area contributed by atoms with Gasteiger partial charge in [-0.15, -0.1) is 0 Å². The topological polar surface area (TPSA) is 114 Å². The highest BCUT2D eigenvalue weighted by Gasteiger charge is 2.41. The Morgan fingerprint density at radius 1 is 1.21 bits per heavy atom. The maximum atomic E-state index is 16.5. The van der Waals surface area contributed by atoms with Gasteiger partial charge in [-0.3, -0.25) is 9.78 Å². The highest BCUT2D eigenvalue weighted by atomic mass is 19.1. The molecule has 43 heavy (non-hydrogen) atoms. The number of nitrogens with zero attached hydrogens (tertiary/aromatic N) is 6. The molecule has 1 saturated heterocycles. The SMILES string of the molecule is C=CC(=O)N1C[C@@H]2COc3c(F)c(-c4c(O)cccc4F)nc4c3c(nc(=O)n4-c3c(C)ccnc3C(C)C)N2[C@@H](C)C1. The minimum Gasteiger partial charge on any atom is -0.507 e. The van der Waals surface area contributed by atoms with E-state index < -0.39 is 40.4 Å². The number of ether oxygens (including phenoxy) is 1. The molecule has 4 aromatic rings. The Hall–Kier alpha value is -4.87. The third-order valence-electron chi connectivity index (χ3n) is 7.99. The first kappa shape index (κ1) is 28.3. The second-order valence-electron chi connectivity index (χ2n) is 11.2. The van der Waals surface area contributed by atoms with E-state index >= 15 is 8.78 Å². The molecule has 1 N–H and O–H groups in total. The summed E-state index contributed by atoms with van der Waals surface area (Å²) < 4.78 is 39.0. The highest BCUT2D eigenvalue weighted by molar-refractivity contribution is 5.97. The van der Waals surface area contributed by atoms with Crippen LogP contribution in [0, 0.1) is 18.6 Å². The van der Waals surface area contributed by atoms with Crippen molar-refractivity contribution in [1.82, 2.24) is 24.4 Å². The molecule has 0 spiro atoms. The van der Waals surface area contributed by atoms with Gasteiger partial charge in [-0.05, 0) is 49.6 Å². The Labute approximate surface area is 245 Å². The van der Waals surface area contributed by atoms with Crippen molar-refractivity contribution in [2.24, 2.45) is 0 Å². The first-order valence-corrected chi connectivity index (χ1v) is 14.0. The van der Waals surface area contributed by atoms with Crippen molar-refractivity contribution in [3.05, 3.63) is 76.5 Å². The molecule has 3 aromatic heterocycles. The van der Waals surface area contributed by atoms with Crippen molar-refractivity contribution in [3.8, 4) is 28.4 Å². The van der Waals surface area contributed by atoms with Gasteiger partial charge in [0.25, 0.3) is 0 Å². The lowest BCUT2D eigenvalue weighted by Crippen LogP contribution is -2.61. The van der Waals surface area contributed by atoms with Crippen LogP contribution in [0.4, 0.5) is 14.6 Å². The molecule has 10 nitrogen and oxygen atoms in total. The smallest absolute Gasteiger partial charge is 0.355 e. The third kappa shape index (κ3) is 4.39. The summed E-state index contributed by atoms with van der Waals surface area (Å²) in [5.74, 6) is -2.96. The summed E-state index contributed by atoms with van der Waals surface area (Å²) in [7, 11) is 0. The van der Waals surface area contributed by atoms with Crippen LogP contribution in [0.15, 0.2) is 47.9 Å². The Morgan fingerprint density at radius 2 is 1.98 bits per heavy atom. The molecule has 1 amide bonds. The number of phenols is 1. The number of aromatic nitrogens is 4. The first-order chi connectivity index (χ1) is 20.5. The van der Waals surface area contributed by atoms with E-state index in [-0.39, 0.29) is 53.6 Å². The van der Waals surface area contributed by atoms with Gasteiger partial charge in [0.1, 0.15) is 35.1 Å². The van der Waals surface area contributed by atoms with Crippen LogP contribution in [-0.2, 0) is 4.79 Å². The zero-order valence-corrected chi connectivity index (χ0v) is 24.1. The number of carbonyl (C=O) groups is 1. The molecule has 5 heterocycles. The van der Waals surface area contributed by atoms with Gasteiger partial charge in [0.05, 0.1) is 23.0 Å². The van der Waals surface area contributed by atoms with Crippen LogP contribution in [0.25, 0.3) is 28.0 Å². The molecular weight excluding hydrogens is 558 g/mol. The molecule has 2 atom stereocenters. The van der Waals surface area contributed by atoms with Crippen molar-refractivity contribution in [2.45, 2.75) is 45.7 Å². The van der Waals surface area contributed by atoms with E-state index in [9.17, 15) is 14.7 Å². The number of rotatable bonds is 4. The summed E-state index contributed by atoms with van der Waals surface area (Å²) in [4.78, 5) is 43.6. The molecule has 0 saturated carbocycles. The van der Waals surface area contributed by atoms with Crippen LogP contribution in [-0.4, -0.2) is 67.2 Å². The molecular formula is C31H30F2N6O4. The van der Waals surface area contributed by atoms with E-state index in [2.05, 4.69) is 21.5 Å². The lowest BCUT2D eigenvalue weighted by molar-refractivity contribution is -0.127. The van der Waals surface area contributed by atoms with E-state index in [0.29, 0.717) is 23.5 Å². The Bertz CT molecular complexity index is 1850. The number of halogens is 2. The van der Waals surface area contributed by atoms with E-state index in [4.69, 9.17) is 4.74 Å². The summed E-state index contributed by atoms with van der Waals surface area (Å²) in [5.41, 5.74) is -0.0221. The van der Waals surface area contributed by atoms with Crippen molar-refractivity contribution >= 4 is 22.8 Å². The van der Waals surface area contributed by atoms with Crippen LogP contribution < -0.4 is 15.3 Å². The van der Waals surface area contributed by atoms with E-state index in [0.717, 1.165) is 6.07 Å². The predicted molar refractivity (Wildman–Crippen MR) is 157 cm³/mol. The van der Waals surface area contributed by atoms with Crippen LogP contribution in [0.1, 0.15) is 37.9 Å². The van der Waals surface area contributed by atoms with E-state index in [1.807, 2.05) is 32.6 Å². The fourth-order valence-corrected chi connectivity index (χ4v) is 6.09. The standard InChI is InChI=1S/C31H30F2N6O4/c1-6-21(41)37-12-17(5)38-18(13-37)14-43-28-23-29(35-26(24(28)33)22-19(32)8-7-9-20(22)40)39(31(42)36-30(23)38)27-16(4)10-11-34-25(27)15(2)3/h6-11,15,17-18,40H,1,12-14H2,2-5H3/t17-,18+/m0/s1. The number of amides is 1. The zero-order chi connectivity index (χ0) is 30.7. The van der Waals surface area contributed by atoms with Crippen LogP contribution in [0.2, 0.25) is 0 Å². The molecule has 222 valence electrons. The number of hydrogen-bond acceptors (Lipinski definition) is 8. The van der Waals surface area contributed by atoms with Crippen LogP contribution >= 0.6 is 0 Å². The number of hydrogen-bond donors (Lipinski definition) is 1. The summed E-state index contributed by atoms with van der Waals surface area (Å²) in [6, 6.07) is 4.50. The lowest BCUT2D eigenvalue weighted by Gasteiger charge is -2.45. The molecule has 0 bridgehead atoms. The minimum absolute atomic E-state index is 0.0282. The Kier molecular flexibility index (Phi) is 6.86. The summed E-state index contributed by atoms with van der Waals surface area (Å²) in [6.07, 6.45) is 2.86. The van der Waals surface area contributed by atoms with Crippen molar-refractivity contribution in [3.63, 3.8) is 0 Å². The largest absolute Gasteiger partial charge is 0.507 e. The van der Waals surface area contributed by atoms with E-state index in [1.54, 1.807) is 17.2 Å². The fraction of sp³-hybridized carbons (Fsp3) is 0.323. The summed E-state index contributed by atoms with van der Waals surface area (Å²) in [6.45, 7) is 11.6. The van der Waals surface area contributed by atoms with E-state index in [1.165, 1.54) is 22.8 Å². The number of aromatic hydroxyl groups is 1. The molecule has 2 aliphatic rings. The number of benzene rings is 1. The average Bonchev–Trinajstić information content (AvgIpc) is 3.13. The lowest BCUT2D eigenvalue weighted by atomic mass is 10.0. The second kappa shape index (κ2) is 10.4. The van der Waals surface area contributed by atoms with Crippen molar-refractivity contribution in [2.75, 3.05) is 24.6 Å². The number of pyridine rings is 2. The fourth-order valence-electron chi connectivity index (χ4n) is 6.09. The van der Waals surface area contributed by atoms with Gasteiger partial charge in [0.15, 0.2) is 17.2 Å². The second-order valence-corrected chi connectivity index (χ2v) is 11.2. The average molecular weight is 589 g/mol. The maximum absolute atomic E-state index is 16.5. The number of phenolic OH excluding ortho intramolecular Hbond substituents is 1. The molecule has 1 aromatic carbocycles.